The van der Waals surface area contributed by atoms with Gasteiger partial charge in [0.15, 0.2) is 0 Å². The summed E-state index contributed by atoms with van der Waals surface area (Å²) in [5, 5.41) is 0. The van der Waals surface area contributed by atoms with E-state index in [9.17, 15) is 8.42 Å². The Labute approximate surface area is 66.3 Å². The summed E-state index contributed by atoms with van der Waals surface area (Å²) >= 11 is 0. The minimum atomic E-state index is -4.11. The van der Waals surface area contributed by atoms with Crippen molar-refractivity contribution in [3.05, 3.63) is 0 Å². The average molecular weight is 178 g/mol. The minimum absolute atomic E-state index is 0.582. The van der Waals surface area contributed by atoms with Crippen LogP contribution in [-0.4, -0.2) is 18.4 Å². The molecule has 0 heterocycles. The first-order chi connectivity index (χ1) is 4.98. The van der Waals surface area contributed by atoms with Gasteiger partial charge in [-0.05, 0) is 6.92 Å². The third-order valence-electron chi connectivity index (χ3n) is 0.893. The molecular formula is C6H10O4S. The summed E-state index contributed by atoms with van der Waals surface area (Å²) in [6.45, 7) is 3.01. The van der Waals surface area contributed by atoms with Crippen LogP contribution in [0.25, 0.3) is 0 Å². The number of hydrogen-bond acceptors (Lipinski definition) is 3. The van der Waals surface area contributed by atoms with Gasteiger partial charge in [-0.2, -0.15) is 8.42 Å². The highest BCUT2D eigenvalue weighted by atomic mass is 32.2. The van der Waals surface area contributed by atoms with Crippen molar-refractivity contribution < 1.29 is 17.7 Å². The SMILES string of the molecule is CCC#COC(C)S(=O)(=O)O. The molecule has 0 aromatic carbocycles. The fraction of sp³-hybridized carbons (Fsp3) is 0.667. The second-order valence-corrected chi connectivity index (χ2v) is 3.53. The van der Waals surface area contributed by atoms with E-state index in [1.165, 1.54) is 6.92 Å². The number of rotatable bonds is 2. The standard InChI is InChI=1S/C6H10O4S/c1-3-4-5-10-6(2)11(7,8)9/h6H,3H2,1-2H3,(H,7,8,9). The average Bonchev–Trinajstić information content (AvgIpc) is 1.86. The molecule has 0 bridgehead atoms. The van der Waals surface area contributed by atoms with Crippen LogP contribution in [0.3, 0.4) is 0 Å². The Morgan fingerprint density at radius 2 is 2.18 bits per heavy atom. The largest absolute Gasteiger partial charge is 0.425 e. The first-order valence-corrected chi connectivity index (χ1v) is 4.58. The van der Waals surface area contributed by atoms with E-state index in [0.717, 1.165) is 0 Å². The van der Waals surface area contributed by atoms with E-state index in [1.807, 2.05) is 0 Å². The number of ether oxygens (including phenoxy) is 1. The zero-order valence-corrected chi connectivity index (χ0v) is 7.18. The predicted octanol–water partition coefficient (Wildman–Crippen LogP) is 0.608. The monoisotopic (exact) mass is 178 g/mol. The summed E-state index contributed by atoms with van der Waals surface area (Å²) < 4.78 is 33.4. The van der Waals surface area contributed by atoms with Gasteiger partial charge in [-0.25, -0.2) is 0 Å². The Balaban J connectivity index is 4.00. The summed E-state index contributed by atoms with van der Waals surface area (Å²) in [6.07, 6.45) is 2.73. The van der Waals surface area contributed by atoms with Gasteiger partial charge in [-0.15, -0.1) is 0 Å². The first-order valence-electron chi connectivity index (χ1n) is 3.08. The third-order valence-corrected chi connectivity index (χ3v) is 1.83. The van der Waals surface area contributed by atoms with Crippen molar-refractivity contribution in [3.63, 3.8) is 0 Å². The molecule has 0 saturated heterocycles. The van der Waals surface area contributed by atoms with Crippen LogP contribution in [-0.2, 0) is 14.9 Å². The van der Waals surface area contributed by atoms with Crippen LogP contribution in [0.4, 0.5) is 0 Å². The lowest BCUT2D eigenvalue weighted by Crippen LogP contribution is -2.17. The van der Waals surface area contributed by atoms with Gasteiger partial charge in [0.25, 0.3) is 0 Å². The van der Waals surface area contributed by atoms with Gasteiger partial charge in [0.2, 0.25) is 5.44 Å². The summed E-state index contributed by atoms with van der Waals surface area (Å²) in [6, 6.07) is 0. The van der Waals surface area contributed by atoms with E-state index in [1.54, 1.807) is 6.92 Å². The van der Waals surface area contributed by atoms with Crippen molar-refractivity contribution in [2.75, 3.05) is 0 Å². The highest BCUT2D eigenvalue weighted by molar-refractivity contribution is 7.86. The molecule has 1 N–H and O–H groups in total. The molecular weight excluding hydrogens is 168 g/mol. The second-order valence-electron chi connectivity index (χ2n) is 1.83. The molecule has 1 unspecified atom stereocenters. The lowest BCUT2D eigenvalue weighted by Gasteiger charge is -2.02. The highest BCUT2D eigenvalue weighted by Crippen LogP contribution is 1.97. The van der Waals surface area contributed by atoms with E-state index in [4.69, 9.17) is 4.55 Å². The Morgan fingerprint density at radius 3 is 2.55 bits per heavy atom. The lowest BCUT2D eigenvalue weighted by molar-refractivity contribution is 0.239. The summed E-state index contributed by atoms with van der Waals surface area (Å²) in [7, 11) is -4.11. The van der Waals surface area contributed by atoms with E-state index in [0.29, 0.717) is 6.42 Å². The molecule has 4 nitrogen and oxygen atoms in total. The van der Waals surface area contributed by atoms with Crippen molar-refractivity contribution in [1.82, 2.24) is 0 Å². The maximum atomic E-state index is 10.3. The van der Waals surface area contributed by atoms with Crippen LogP contribution in [0.5, 0.6) is 0 Å². The molecule has 0 rings (SSSR count). The molecule has 0 amide bonds. The van der Waals surface area contributed by atoms with E-state index >= 15 is 0 Å². The molecule has 0 aliphatic rings. The van der Waals surface area contributed by atoms with Gasteiger partial charge in [0.1, 0.15) is 6.11 Å². The Bertz CT molecular complexity index is 256. The van der Waals surface area contributed by atoms with Crippen LogP contribution in [0.15, 0.2) is 0 Å². The summed E-state index contributed by atoms with van der Waals surface area (Å²) in [4.78, 5) is 0. The molecule has 0 aliphatic carbocycles. The van der Waals surface area contributed by atoms with Crippen molar-refractivity contribution in [2.24, 2.45) is 0 Å². The fourth-order valence-corrected chi connectivity index (χ4v) is 0.427. The van der Waals surface area contributed by atoms with Crippen LogP contribution in [0, 0.1) is 12.0 Å². The molecule has 0 aromatic rings. The molecule has 0 radical (unpaired) electrons. The van der Waals surface area contributed by atoms with Crippen molar-refractivity contribution >= 4 is 10.1 Å². The van der Waals surface area contributed by atoms with E-state index in [-0.39, 0.29) is 0 Å². The van der Waals surface area contributed by atoms with Gasteiger partial charge in [-0.3, -0.25) is 4.55 Å². The van der Waals surface area contributed by atoms with Gasteiger partial charge >= 0.3 is 10.1 Å². The zero-order valence-electron chi connectivity index (χ0n) is 6.36. The topological polar surface area (TPSA) is 63.6 Å². The molecule has 0 aromatic heterocycles. The van der Waals surface area contributed by atoms with Gasteiger partial charge in [-0.1, -0.05) is 12.8 Å². The Kier molecular flexibility index (Phi) is 3.93. The van der Waals surface area contributed by atoms with Crippen LogP contribution in [0.1, 0.15) is 20.3 Å². The molecule has 5 heteroatoms. The van der Waals surface area contributed by atoms with E-state index < -0.39 is 15.6 Å². The Morgan fingerprint density at radius 1 is 1.64 bits per heavy atom. The van der Waals surface area contributed by atoms with Gasteiger partial charge in [0, 0.05) is 6.42 Å². The zero-order chi connectivity index (χ0) is 8.91. The molecule has 11 heavy (non-hydrogen) atoms. The summed E-state index contributed by atoms with van der Waals surface area (Å²) in [5.41, 5.74) is -1.28. The molecule has 0 spiro atoms. The summed E-state index contributed by atoms with van der Waals surface area (Å²) in [5.74, 6) is 2.50. The Hall–Kier alpha value is -0.730. The second kappa shape index (κ2) is 4.21. The van der Waals surface area contributed by atoms with Crippen LogP contribution < -0.4 is 0 Å². The van der Waals surface area contributed by atoms with Gasteiger partial charge in [0.05, 0.1) is 0 Å². The fourth-order valence-electron chi connectivity index (χ4n) is 0.258. The van der Waals surface area contributed by atoms with Crippen LogP contribution in [0.2, 0.25) is 0 Å². The maximum absolute atomic E-state index is 10.3. The third kappa shape index (κ3) is 4.65. The quantitative estimate of drug-likeness (QED) is 0.497. The predicted molar refractivity (Wildman–Crippen MR) is 40.2 cm³/mol. The molecule has 0 saturated carbocycles. The van der Waals surface area contributed by atoms with Crippen molar-refractivity contribution in [2.45, 2.75) is 25.7 Å². The molecule has 1 atom stereocenters. The highest BCUT2D eigenvalue weighted by Gasteiger charge is 2.16. The molecule has 64 valence electrons. The van der Waals surface area contributed by atoms with Crippen LogP contribution >= 0.6 is 0 Å². The maximum Gasteiger partial charge on any atom is 0.304 e. The first kappa shape index (κ1) is 10.3. The minimum Gasteiger partial charge on any atom is -0.425 e. The molecule has 0 aliphatic heterocycles. The van der Waals surface area contributed by atoms with Gasteiger partial charge < -0.3 is 4.74 Å². The lowest BCUT2D eigenvalue weighted by atomic mass is 10.5. The van der Waals surface area contributed by atoms with Crippen molar-refractivity contribution in [1.29, 1.82) is 0 Å². The normalized spacial score (nSPS) is 13.0. The smallest absolute Gasteiger partial charge is 0.304 e. The molecule has 0 fully saturated rings. The van der Waals surface area contributed by atoms with E-state index in [2.05, 4.69) is 16.8 Å². The van der Waals surface area contributed by atoms with Crippen molar-refractivity contribution in [3.8, 4) is 12.0 Å². The number of hydrogen-bond donors (Lipinski definition) is 1.